The molecule has 0 spiro atoms. The van der Waals surface area contributed by atoms with Crippen LogP contribution in [-0.4, -0.2) is 303 Å². The zero-order chi connectivity index (χ0) is 96.1. The van der Waals surface area contributed by atoms with Crippen molar-refractivity contribution in [1.29, 1.82) is 0 Å². The zero-order valence-corrected chi connectivity index (χ0v) is 81.1. The number of likely N-dealkylation sites (tertiary alicyclic amines) is 9. The molecule has 18 rings (SSSR count). The van der Waals surface area contributed by atoms with Crippen molar-refractivity contribution in [2.24, 2.45) is 0 Å². The van der Waals surface area contributed by atoms with Crippen LogP contribution in [0.2, 0.25) is 5.02 Å². The van der Waals surface area contributed by atoms with Gasteiger partial charge in [0.1, 0.15) is 23.9 Å². The standard InChI is InChI=1S/C34H44BrN7O4.C34H44ClN7O4.C34H44FN7O4/c35-25-8-10-26(11-9-25)36-33(45)37-30(32(44)41-20-12-27(13-21-41)39-16-4-1-5-17-39)22-31(43)40-18-14-28(15-19-40)42-23-24-6-2-3-7-29(24)38-34(42)46;2*35-25-8-6-9-26(21-25)36-33(45)37-30(32(44)41-19-11-27(12-20-41)39-15-4-1-5-16-39)22-31(43)40-17-13-28(14-18-40)42-23-24-7-2-3-10-29(24)38-34(42)46/h2-3,6-11,27-28,30H,1,4-5,12-23H2,(H,38,46)(H2,36,37,45);2*2-3,6-10,21,27-28,30H,1,4-5,11-20,22-23H2,(H,38,46)(H2,36,37,45)/t3*30-/m000/s1. The number of para-hydroxylation sites is 3. The van der Waals surface area contributed by atoms with Gasteiger partial charge in [-0.25, -0.2) is 33.2 Å². The van der Waals surface area contributed by atoms with Crippen molar-refractivity contribution >= 4 is 133 Å². The first-order chi connectivity index (χ1) is 67.0. The number of nitrogens with one attached hydrogen (secondary N) is 9. The maximum Gasteiger partial charge on any atom is 0.322 e. The lowest BCUT2D eigenvalue weighted by molar-refractivity contribution is -0.140. The zero-order valence-electron chi connectivity index (χ0n) is 78.8. The fourth-order valence-corrected chi connectivity index (χ4v) is 22.3. The third-order valence-corrected chi connectivity index (χ3v) is 30.4. The minimum atomic E-state index is -1.06. The number of piperidine rings is 9. The third kappa shape index (κ3) is 26.5. The van der Waals surface area contributed by atoms with Gasteiger partial charge in [0, 0.05) is 178 Å². The van der Waals surface area contributed by atoms with E-state index in [9.17, 15) is 61.9 Å². The van der Waals surface area contributed by atoms with E-state index in [0.717, 1.165) is 116 Å². The van der Waals surface area contributed by atoms with E-state index in [4.69, 9.17) is 11.6 Å². The number of hydrogen-bond acceptors (Lipinski definition) is 15. The highest BCUT2D eigenvalue weighted by Gasteiger charge is 2.43. The molecular weight excluding hydrogens is 1850 g/mol. The molecule has 138 heavy (non-hydrogen) atoms. The molecule has 9 fully saturated rings. The first-order valence-electron chi connectivity index (χ1n) is 49.9. The fourth-order valence-electron chi connectivity index (χ4n) is 21.9. The Morgan fingerprint density at radius 1 is 0.326 bits per heavy atom. The highest BCUT2D eigenvalue weighted by atomic mass is 79.9. The Labute approximate surface area is 820 Å². The Bertz CT molecular complexity index is 5040. The summed E-state index contributed by atoms with van der Waals surface area (Å²) >= 11 is 9.49. The molecule has 12 heterocycles. The molecule has 0 saturated carbocycles. The number of urea groups is 6. The van der Waals surface area contributed by atoms with Crippen LogP contribution in [0.4, 0.5) is 67.3 Å². The number of carbonyl (C=O) groups excluding carboxylic acids is 12. The second-order valence-corrected chi connectivity index (χ2v) is 39.9. The van der Waals surface area contributed by atoms with Gasteiger partial charge in [-0.1, -0.05) is 114 Å². The molecule has 33 nitrogen and oxygen atoms in total. The summed E-state index contributed by atoms with van der Waals surface area (Å²) < 4.78 is 14.6. The maximum absolute atomic E-state index is 13.9. The summed E-state index contributed by atoms with van der Waals surface area (Å²) in [5, 5.41) is 25.9. The summed E-state index contributed by atoms with van der Waals surface area (Å²) in [7, 11) is 0. The lowest BCUT2D eigenvalue weighted by Gasteiger charge is -2.41. The number of halogens is 3. The second-order valence-electron chi connectivity index (χ2n) is 38.5. The summed E-state index contributed by atoms with van der Waals surface area (Å²) in [6.07, 6.45) is 19.9. The number of nitrogens with zero attached hydrogens (tertiary/aromatic N) is 12. The molecule has 0 unspecified atom stereocenters. The van der Waals surface area contributed by atoms with E-state index in [1.54, 1.807) is 67.0 Å². The van der Waals surface area contributed by atoms with Gasteiger partial charge in [0.25, 0.3) is 0 Å². The third-order valence-electron chi connectivity index (χ3n) is 29.6. The molecule has 9 saturated heterocycles. The van der Waals surface area contributed by atoms with Gasteiger partial charge < -0.3 is 107 Å². The lowest BCUT2D eigenvalue weighted by atomic mass is 9.98. The molecule has 12 aliphatic heterocycles. The summed E-state index contributed by atoms with van der Waals surface area (Å²) in [4.78, 5) is 184. The number of anilines is 6. The first kappa shape index (κ1) is 99.4. The first-order valence-corrected chi connectivity index (χ1v) is 51.1. The van der Waals surface area contributed by atoms with Gasteiger partial charge in [-0.3, -0.25) is 28.8 Å². The van der Waals surface area contributed by atoms with Gasteiger partial charge in [0.15, 0.2) is 0 Å². The molecule has 738 valence electrons. The lowest BCUT2D eigenvalue weighted by Crippen LogP contribution is -2.56. The van der Waals surface area contributed by atoms with Gasteiger partial charge in [0.05, 0.1) is 19.3 Å². The van der Waals surface area contributed by atoms with Crippen LogP contribution in [0.25, 0.3) is 0 Å². The van der Waals surface area contributed by atoms with Gasteiger partial charge in [-0.2, -0.15) is 0 Å². The molecule has 12 aliphatic rings. The average molecular weight is 1980 g/mol. The smallest absolute Gasteiger partial charge is 0.322 e. The van der Waals surface area contributed by atoms with E-state index >= 15 is 0 Å². The summed E-state index contributed by atoms with van der Waals surface area (Å²) in [6.45, 7) is 14.7. The molecule has 0 aromatic heterocycles. The van der Waals surface area contributed by atoms with Crippen molar-refractivity contribution in [2.45, 2.75) is 228 Å². The fraction of sp³-hybridized carbons (Fsp3) is 0.529. The quantitative estimate of drug-likeness (QED) is 0.0323. The number of fused-ring (bicyclic) bond motifs is 3. The predicted molar refractivity (Wildman–Crippen MR) is 531 cm³/mol. The molecule has 0 bridgehead atoms. The molecule has 6 aromatic carbocycles. The topological polar surface area (TPSA) is 352 Å². The Hall–Kier alpha value is -11.7. The minimum absolute atomic E-state index is 0.00814. The number of hydrogen-bond donors (Lipinski definition) is 9. The Balaban J connectivity index is 0.000000150. The van der Waals surface area contributed by atoms with Crippen molar-refractivity contribution in [3.05, 3.63) is 178 Å². The van der Waals surface area contributed by atoms with Crippen LogP contribution in [0.15, 0.2) is 150 Å². The number of benzene rings is 6. The van der Waals surface area contributed by atoms with Crippen molar-refractivity contribution < 1.29 is 61.9 Å². The number of carbonyl (C=O) groups is 12. The van der Waals surface area contributed by atoms with Crippen molar-refractivity contribution in [2.75, 3.05) is 150 Å². The van der Waals surface area contributed by atoms with Crippen molar-refractivity contribution in [3.63, 3.8) is 0 Å². The highest BCUT2D eigenvalue weighted by molar-refractivity contribution is 9.10. The van der Waals surface area contributed by atoms with Gasteiger partial charge in [-0.05, 0) is 250 Å². The molecule has 3 atom stereocenters. The van der Waals surface area contributed by atoms with Crippen molar-refractivity contribution in [3.8, 4) is 0 Å². The Morgan fingerprint density at radius 2 is 0.609 bits per heavy atom. The molecule has 9 N–H and O–H groups in total. The van der Waals surface area contributed by atoms with E-state index in [2.05, 4.69) is 78.5 Å². The number of rotatable bonds is 21. The van der Waals surface area contributed by atoms with Crippen LogP contribution in [-0.2, 0) is 48.4 Å². The van der Waals surface area contributed by atoms with E-state index in [0.29, 0.717) is 171 Å². The predicted octanol–water partition coefficient (Wildman–Crippen LogP) is 13.8. The summed E-state index contributed by atoms with van der Waals surface area (Å²) in [5.41, 5.74) is 7.07. The minimum Gasteiger partial charge on any atom is -0.342 e. The van der Waals surface area contributed by atoms with Crippen LogP contribution >= 0.6 is 27.5 Å². The average Bonchev–Trinajstić information content (AvgIpc) is 0.803. The van der Waals surface area contributed by atoms with Gasteiger partial charge in [-0.15, -0.1) is 0 Å². The van der Waals surface area contributed by atoms with Gasteiger partial charge in [0.2, 0.25) is 35.4 Å². The molecule has 6 aromatic rings. The second kappa shape index (κ2) is 47.8. The molecule has 0 radical (unpaired) electrons. The SMILES string of the molecule is O=C(Nc1ccc(Br)cc1)N[C@@H](CC(=O)N1CCC(N2Cc3ccccc3NC2=O)CC1)C(=O)N1CCC(N2CCCCC2)CC1.O=C(Nc1cccc(Cl)c1)N[C@@H](CC(=O)N1CCC(N2Cc3ccccc3NC2=O)CC1)C(=O)N1CCC(N2CCCCC2)CC1.O=C(Nc1cccc(F)c1)N[C@@H](CC(=O)N1CCC(N2Cc3ccccc3NC2=O)CC1)C(=O)N1CCC(N2CCCCC2)CC1. The molecule has 18 amide bonds. The van der Waals surface area contributed by atoms with Crippen LogP contribution in [0.3, 0.4) is 0 Å². The van der Waals surface area contributed by atoms with Gasteiger partial charge >= 0.3 is 36.2 Å². The number of amides is 18. The highest BCUT2D eigenvalue weighted by Crippen LogP contribution is 2.35. The normalized spacial score (nSPS) is 20.5. The van der Waals surface area contributed by atoms with Crippen LogP contribution < -0.4 is 47.9 Å². The summed E-state index contributed by atoms with van der Waals surface area (Å²) in [5.74, 6) is -1.79. The van der Waals surface area contributed by atoms with Crippen molar-refractivity contribution in [1.82, 2.24) is 74.7 Å². The van der Waals surface area contributed by atoms with Crippen LogP contribution in [0, 0.1) is 5.82 Å². The molecule has 36 heteroatoms. The van der Waals surface area contributed by atoms with E-state index < -0.39 is 42.0 Å². The van der Waals surface area contributed by atoms with E-state index in [1.807, 2.05) is 105 Å². The summed E-state index contributed by atoms with van der Waals surface area (Å²) in [6, 6.07) is 39.1. The maximum atomic E-state index is 13.9. The largest absolute Gasteiger partial charge is 0.342 e. The van der Waals surface area contributed by atoms with Crippen LogP contribution in [0.1, 0.15) is 171 Å². The molecule has 0 aliphatic carbocycles. The van der Waals surface area contributed by atoms with E-state index in [1.165, 1.54) is 76.0 Å². The van der Waals surface area contributed by atoms with E-state index in [-0.39, 0.29) is 96.6 Å². The Morgan fingerprint density at radius 3 is 0.920 bits per heavy atom. The molecular formula is C102H132BrClFN21O12. The monoisotopic (exact) mass is 1980 g/mol. The Kier molecular flexibility index (Phi) is 34.4. The van der Waals surface area contributed by atoms with Crippen LogP contribution in [0.5, 0.6) is 0 Å².